The molecule has 0 aliphatic heterocycles. The Morgan fingerprint density at radius 2 is 2.11 bits per heavy atom. The van der Waals surface area contributed by atoms with Crippen LogP contribution >= 0.6 is 0 Å². The van der Waals surface area contributed by atoms with E-state index in [0.717, 1.165) is 16.8 Å². The van der Waals surface area contributed by atoms with Crippen LogP contribution in [0.2, 0.25) is 0 Å². The summed E-state index contributed by atoms with van der Waals surface area (Å²) in [6.45, 7) is 1.54. The Hall–Kier alpha value is -0.850. The van der Waals surface area contributed by atoms with Crippen LogP contribution in [0.1, 0.15) is 25.0 Å². The summed E-state index contributed by atoms with van der Waals surface area (Å²) in [7, 11) is -0.468. The molecule has 18 heavy (non-hydrogen) atoms. The van der Waals surface area contributed by atoms with E-state index in [-0.39, 0.29) is 5.09 Å². The highest BCUT2D eigenvalue weighted by atomic mass is 32.2. The van der Waals surface area contributed by atoms with Crippen LogP contribution in [0.5, 0.6) is 0 Å². The highest BCUT2D eigenvalue weighted by molar-refractivity contribution is 7.88. The van der Waals surface area contributed by atoms with Crippen LogP contribution in [0.3, 0.4) is 0 Å². The van der Waals surface area contributed by atoms with Crippen LogP contribution in [-0.2, 0) is 16.6 Å². The molecule has 0 amide bonds. The number of rotatable bonds is 7. The fourth-order valence-electron chi connectivity index (χ4n) is 1.70. The molecule has 1 N–H and O–H groups in total. The van der Waals surface area contributed by atoms with Gasteiger partial charge in [0.2, 0.25) is 5.09 Å². The molecule has 5 nitrogen and oxygen atoms in total. The predicted octanol–water partition coefficient (Wildman–Crippen LogP) is 1.42. The second-order valence-electron chi connectivity index (χ2n) is 4.92. The molecule has 1 aliphatic rings. The van der Waals surface area contributed by atoms with E-state index in [9.17, 15) is 8.42 Å². The van der Waals surface area contributed by atoms with Gasteiger partial charge in [-0.05, 0) is 31.0 Å². The lowest BCUT2D eigenvalue weighted by atomic mass is 10.3. The number of nitrogens with one attached hydrogen (secondary N) is 1. The second kappa shape index (κ2) is 5.42. The third kappa shape index (κ3) is 3.34. The summed E-state index contributed by atoms with van der Waals surface area (Å²) in [6.07, 6.45) is 3.91. The van der Waals surface area contributed by atoms with Gasteiger partial charge >= 0.3 is 0 Å². The standard InChI is InChI=1S/C12H20N2O3S/c1-14(2)18(15,16)12-6-5-11(17-12)9-13-8-7-10-3-4-10/h5-6,10,13H,3-4,7-9H2,1-2H3. The van der Waals surface area contributed by atoms with Crippen LogP contribution in [0.4, 0.5) is 0 Å². The monoisotopic (exact) mass is 272 g/mol. The third-order valence-electron chi connectivity index (χ3n) is 3.10. The first-order valence-corrected chi connectivity index (χ1v) is 7.66. The van der Waals surface area contributed by atoms with Crippen molar-refractivity contribution >= 4 is 10.0 Å². The minimum atomic E-state index is -3.45. The highest BCUT2D eigenvalue weighted by Crippen LogP contribution is 2.31. The van der Waals surface area contributed by atoms with Crippen LogP contribution in [-0.4, -0.2) is 33.4 Å². The molecule has 1 heterocycles. The average molecular weight is 272 g/mol. The van der Waals surface area contributed by atoms with Crippen LogP contribution in [0.25, 0.3) is 0 Å². The molecule has 0 spiro atoms. The van der Waals surface area contributed by atoms with Crippen molar-refractivity contribution in [1.29, 1.82) is 0 Å². The van der Waals surface area contributed by atoms with Crippen molar-refractivity contribution in [1.82, 2.24) is 9.62 Å². The SMILES string of the molecule is CN(C)S(=O)(=O)c1ccc(CNCCC2CC2)o1. The van der Waals surface area contributed by atoms with Gasteiger partial charge in [-0.3, -0.25) is 0 Å². The molecular weight excluding hydrogens is 252 g/mol. The molecule has 102 valence electrons. The molecule has 0 bridgehead atoms. The Balaban J connectivity index is 1.85. The molecule has 0 unspecified atom stereocenters. The van der Waals surface area contributed by atoms with Gasteiger partial charge in [0.25, 0.3) is 10.0 Å². The van der Waals surface area contributed by atoms with Gasteiger partial charge in [-0.15, -0.1) is 0 Å². The van der Waals surface area contributed by atoms with E-state index >= 15 is 0 Å². The highest BCUT2D eigenvalue weighted by Gasteiger charge is 2.22. The Bertz CT molecular complexity index is 489. The summed E-state index contributed by atoms with van der Waals surface area (Å²) in [5, 5.41) is 3.27. The molecule has 2 rings (SSSR count). The summed E-state index contributed by atoms with van der Waals surface area (Å²) in [5.74, 6) is 1.56. The zero-order chi connectivity index (χ0) is 13.2. The zero-order valence-corrected chi connectivity index (χ0v) is 11.7. The van der Waals surface area contributed by atoms with Crippen molar-refractivity contribution in [2.24, 2.45) is 5.92 Å². The molecule has 1 aromatic heterocycles. The van der Waals surface area contributed by atoms with Crippen molar-refractivity contribution in [3.63, 3.8) is 0 Å². The second-order valence-corrected chi connectivity index (χ2v) is 7.00. The molecule has 1 fully saturated rings. The molecule has 0 saturated heterocycles. The molecule has 0 radical (unpaired) electrons. The number of sulfonamides is 1. The van der Waals surface area contributed by atoms with Gasteiger partial charge in [0.15, 0.2) is 0 Å². The zero-order valence-electron chi connectivity index (χ0n) is 10.8. The Morgan fingerprint density at radius 3 is 2.72 bits per heavy atom. The van der Waals surface area contributed by atoms with Gasteiger partial charge in [-0.1, -0.05) is 12.8 Å². The molecule has 0 atom stereocenters. The van der Waals surface area contributed by atoms with Gasteiger partial charge in [0.05, 0.1) is 6.54 Å². The van der Waals surface area contributed by atoms with E-state index in [1.54, 1.807) is 6.07 Å². The first kappa shape index (κ1) is 13.6. The fraction of sp³-hybridized carbons (Fsp3) is 0.667. The minimum absolute atomic E-state index is 0.00601. The first-order valence-electron chi connectivity index (χ1n) is 6.22. The lowest BCUT2D eigenvalue weighted by Gasteiger charge is -2.07. The maximum absolute atomic E-state index is 11.8. The molecule has 1 aromatic rings. The summed E-state index contributed by atoms with van der Waals surface area (Å²) in [5.41, 5.74) is 0. The normalized spacial score (nSPS) is 16.4. The number of hydrogen-bond acceptors (Lipinski definition) is 4. The average Bonchev–Trinajstić information content (AvgIpc) is 3.01. The molecule has 1 saturated carbocycles. The third-order valence-corrected chi connectivity index (χ3v) is 4.79. The van der Waals surface area contributed by atoms with Gasteiger partial charge in [-0.2, -0.15) is 0 Å². The Kier molecular flexibility index (Phi) is 4.09. The van der Waals surface area contributed by atoms with Gasteiger partial charge in [0.1, 0.15) is 5.76 Å². The van der Waals surface area contributed by atoms with Crippen LogP contribution in [0.15, 0.2) is 21.6 Å². The minimum Gasteiger partial charge on any atom is -0.447 e. The van der Waals surface area contributed by atoms with E-state index in [4.69, 9.17) is 4.42 Å². The van der Waals surface area contributed by atoms with E-state index in [1.165, 1.54) is 39.4 Å². The smallest absolute Gasteiger partial charge is 0.275 e. The lowest BCUT2D eigenvalue weighted by molar-refractivity contribution is 0.388. The number of furan rings is 1. The summed E-state index contributed by atoms with van der Waals surface area (Å²) >= 11 is 0. The molecule has 6 heteroatoms. The van der Waals surface area contributed by atoms with Gasteiger partial charge in [0, 0.05) is 14.1 Å². The molecule has 0 aromatic carbocycles. The van der Waals surface area contributed by atoms with Gasteiger partial charge in [-0.25, -0.2) is 12.7 Å². The summed E-state index contributed by atoms with van der Waals surface area (Å²) in [6, 6.07) is 3.22. The lowest BCUT2D eigenvalue weighted by Crippen LogP contribution is -2.21. The predicted molar refractivity (Wildman–Crippen MR) is 68.6 cm³/mol. The maximum atomic E-state index is 11.8. The largest absolute Gasteiger partial charge is 0.447 e. The fourth-order valence-corrected chi connectivity index (χ4v) is 2.51. The Morgan fingerprint density at radius 1 is 1.39 bits per heavy atom. The van der Waals surface area contributed by atoms with Crippen molar-refractivity contribution in [2.75, 3.05) is 20.6 Å². The van der Waals surface area contributed by atoms with E-state index in [1.807, 2.05) is 0 Å². The quantitative estimate of drug-likeness (QED) is 0.763. The molecule has 1 aliphatic carbocycles. The van der Waals surface area contributed by atoms with Crippen molar-refractivity contribution in [2.45, 2.75) is 30.9 Å². The summed E-state index contributed by atoms with van der Waals surface area (Å²) in [4.78, 5) is 0. The van der Waals surface area contributed by atoms with Crippen molar-refractivity contribution in [3.05, 3.63) is 17.9 Å². The number of nitrogens with zero attached hydrogens (tertiary/aromatic N) is 1. The van der Waals surface area contributed by atoms with Crippen molar-refractivity contribution < 1.29 is 12.8 Å². The molecular formula is C12H20N2O3S. The topological polar surface area (TPSA) is 62.6 Å². The van der Waals surface area contributed by atoms with Crippen molar-refractivity contribution in [3.8, 4) is 0 Å². The first-order chi connectivity index (χ1) is 8.50. The van der Waals surface area contributed by atoms with Crippen LogP contribution in [0, 0.1) is 5.92 Å². The summed E-state index contributed by atoms with van der Waals surface area (Å²) < 4.78 is 30.1. The van der Waals surface area contributed by atoms with E-state index in [0.29, 0.717) is 12.3 Å². The van der Waals surface area contributed by atoms with Crippen LogP contribution < -0.4 is 5.32 Å². The number of hydrogen-bond donors (Lipinski definition) is 1. The van der Waals surface area contributed by atoms with E-state index < -0.39 is 10.0 Å². The van der Waals surface area contributed by atoms with E-state index in [2.05, 4.69) is 5.32 Å². The van der Waals surface area contributed by atoms with Gasteiger partial charge < -0.3 is 9.73 Å². The Labute approximate surface area is 108 Å². The maximum Gasteiger partial charge on any atom is 0.275 e.